The molecule has 0 fully saturated rings. The molecule has 0 radical (unpaired) electrons. The average Bonchev–Trinajstić information content (AvgIpc) is 2.90. The zero-order valence-electron chi connectivity index (χ0n) is 21.9. The Morgan fingerprint density at radius 1 is 0.806 bits per heavy atom. The highest BCUT2D eigenvalue weighted by Gasteiger charge is 2.22. The minimum absolute atomic E-state index is 0.00680. The van der Waals surface area contributed by atoms with Crippen molar-refractivity contribution >= 4 is 11.6 Å². The summed E-state index contributed by atoms with van der Waals surface area (Å²) in [4.78, 5) is 25.4. The van der Waals surface area contributed by atoms with Crippen molar-refractivity contribution in [1.82, 2.24) is 0 Å². The van der Waals surface area contributed by atoms with Crippen molar-refractivity contribution in [1.29, 1.82) is 0 Å². The molecule has 0 spiro atoms. The zero-order chi connectivity index (χ0) is 26.1. The van der Waals surface area contributed by atoms with E-state index in [1.807, 2.05) is 38.1 Å². The molecule has 0 aromatic heterocycles. The van der Waals surface area contributed by atoms with Crippen molar-refractivity contribution in [3.8, 4) is 11.1 Å². The number of benzene rings is 3. The summed E-state index contributed by atoms with van der Waals surface area (Å²) in [5.41, 5.74) is 18.8. The van der Waals surface area contributed by atoms with Crippen LogP contribution in [0.3, 0.4) is 0 Å². The van der Waals surface area contributed by atoms with Crippen molar-refractivity contribution in [2.75, 3.05) is 13.1 Å². The molecular weight excluding hydrogens is 444 g/mol. The number of ketones is 2. The van der Waals surface area contributed by atoms with Gasteiger partial charge in [0.15, 0.2) is 0 Å². The summed E-state index contributed by atoms with van der Waals surface area (Å²) in [6, 6.07) is 24.8. The fraction of sp³-hybridized carbons (Fsp3) is 0.375. The number of carbonyl (C=O) groups is 2. The summed E-state index contributed by atoms with van der Waals surface area (Å²) in [5.74, 6) is 0.329. The second-order valence-corrected chi connectivity index (χ2v) is 9.93. The second-order valence-electron chi connectivity index (χ2n) is 9.93. The van der Waals surface area contributed by atoms with E-state index in [0.29, 0.717) is 38.8 Å². The maximum absolute atomic E-state index is 13.3. The van der Waals surface area contributed by atoms with Gasteiger partial charge in [0.1, 0.15) is 11.6 Å². The fourth-order valence-corrected chi connectivity index (χ4v) is 4.82. The first-order valence-corrected chi connectivity index (χ1v) is 13.1. The van der Waals surface area contributed by atoms with Gasteiger partial charge in [-0.3, -0.25) is 9.59 Å². The second kappa shape index (κ2) is 13.3. The van der Waals surface area contributed by atoms with Crippen LogP contribution in [0.25, 0.3) is 11.1 Å². The monoisotopic (exact) mass is 484 g/mol. The number of hydrogen-bond acceptors (Lipinski definition) is 4. The van der Waals surface area contributed by atoms with E-state index in [2.05, 4.69) is 55.5 Å². The summed E-state index contributed by atoms with van der Waals surface area (Å²) in [6.07, 6.45) is 2.06. The van der Waals surface area contributed by atoms with Crippen LogP contribution in [0.1, 0.15) is 67.2 Å². The molecule has 0 amide bonds. The van der Waals surface area contributed by atoms with Gasteiger partial charge < -0.3 is 11.5 Å². The van der Waals surface area contributed by atoms with Crippen molar-refractivity contribution in [2.45, 2.75) is 58.3 Å². The van der Waals surface area contributed by atoms with Gasteiger partial charge in [-0.1, -0.05) is 92.2 Å². The molecule has 0 heterocycles. The van der Waals surface area contributed by atoms with E-state index in [9.17, 15) is 9.59 Å². The van der Waals surface area contributed by atoms with Gasteiger partial charge in [0, 0.05) is 37.0 Å². The van der Waals surface area contributed by atoms with Crippen molar-refractivity contribution in [3.05, 3.63) is 95.1 Å². The maximum Gasteiger partial charge on any atom is 0.136 e. The molecule has 0 aliphatic carbocycles. The van der Waals surface area contributed by atoms with Crippen LogP contribution in [0.4, 0.5) is 0 Å². The Balaban J connectivity index is 1.85. The number of Topliss-reactive ketones (excluding diaryl/α,β-unsaturated/α-hetero) is 2. The lowest BCUT2D eigenvalue weighted by Gasteiger charge is -2.21. The Labute approximate surface area is 216 Å². The van der Waals surface area contributed by atoms with Crippen LogP contribution in [0.2, 0.25) is 0 Å². The minimum atomic E-state index is -0.135. The SMILES string of the molecule is CCC(=O)C[C@H](CN)c1ccc(CC(C)C(=O)C[C@@H](CN)c2cccc(C)c2)c(-c2ccccc2)c1. The molecule has 4 nitrogen and oxygen atoms in total. The average molecular weight is 485 g/mol. The summed E-state index contributed by atoms with van der Waals surface area (Å²) in [5, 5.41) is 0. The van der Waals surface area contributed by atoms with Gasteiger partial charge in [-0.05, 0) is 54.3 Å². The lowest BCUT2D eigenvalue weighted by molar-refractivity contribution is -0.122. The third-order valence-corrected chi connectivity index (χ3v) is 7.16. The number of rotatable bonds is 13. The molecule has 0 aliphatic heterocycles. The largest absolute Gasteiger partial charge is 0.330 e. The molecule has 4 heteroatoms. The Hall–Kier alpha value is -3.08. The van der Waals surface area contributed by atoms with Crippen LogP contribution >= 0.6 is 0 Å². The van der Waals surface area contributed by atoms with E-state index in [4.69, 9.17) is 11.5 Å². The predicted molar refractivity (Wildman–Crippen MR) is 149 cm³/mol. The highest BCUT2D eigenvalue weighted by molar-refractivity contribution is 5.82. The van der Waals surface area contributed by atoms with Crippen molar-refractivity contribution < 1.29 is 9.59 Å². The molecule has 190 valence electrons. The van der Waals surface area contributed by atoms with Gasteiger partial charge in [0.05, 0.1) is 0 Å². The van der Waals surface area contributed by atoms with Gasteiger partial charge in [0.2, 0.25) is 0 Å². The van der Waals surface area contributed by atoms with Crippen LogP contribution < -0.4 is 11.5 Å². The Morgan fingerprint density at radius 2 is 1.47 bits per heavy atom. The molecule has 3 aromatic carbocycles. The number of nitrogens with two attached hydrogens (primary N) is 2. The number of carbonyl (C=O) groups excluding carboxylic acids is 2. The van der Waals surface area contributed by atoms with Gasteiger partial charge >= 0.3 is 0 Å². The molecule has 36 heavy (non-hydrogen) atoms. The Bertz CT molecular complexity index is 1160. The highest BCUT2D eigenvalue weighted by atomic mass is 16.1. The van der Waals surface area contributed by atoms with E-state index >= 15 is 0 Å². The van der Waals surface area contributed by atoms with E-state index in [-0.39, 0.29) is 29.3 Å². The standard InChI is InChI=1S/C32H40N2O2/c1-4-30(35)17-28(20-33)26-13-14-27(31(18-26)24-10-6-5-7-11-24)16-23(3)32(36)19-29(21-34)25-12-8-9-22(2)15-25/h5-15,18,23,28-29H,4,16-17,19-21,33-34H2,1-3H3/t23?,28-,29+/m1/s1. The zero-order valence-corrected chi connectivity index (χ0v) is 21.9. The fourth-order valence-electron chi connectivity index (χ4n) is 4.82. The molecule has 0 bridgehead atoms. The quantitative estimate of drug-likeness (QED) is 0.314. The van der Waals surface area contributed by atoms with Gasteiger partial charge in [-0.15, -0.1) is 0 Å². The van der Waals surface area contributed by atoms with E-state index in [0.717, 1.165) is 27.8 Å². The lowest BCUT2D eigenvalue weighted by Crippen LogP contribution is -2.22. The first-order chi connectivity index (χ1) is 17.4. The van der Waals surface area contributed by atoms with Crippen LogP contribution in [0.15, 0.2) is 72.8 Å². The first kappa shape index (κ1) is 27.5. The minimum Gasteiger partial charge on any atom is -0.330 e. The van der Waals surface area contributed by atoms with Crippen molar-refractivity contribution in [3.63, 3.8) is 0 Å². The van der Waals surface area contributed by atoms with Crippen LogP contribution in [0.5, 0.6) is 0 Å². The topological polar surface area (TPSA) is 86.2 Å². The predicted octanol–water partition coefficient (Wildman–Crippen LogP) is 5.95. The van der Waals surface area contributed by atoms with Crippen LogP contribution in [0, 0.1) is 12.8 Å². The normalized spacial score (nSPS) is 13.7. The Morgan fingerprint density at radius 3 is 2.11 bits per heavy atom. The lowest BCUT2D eigenvalue weighted by atomic mass is 9.84. The smallest absolute Gasteiger partial charge is 0.136 e. The highest BCUT2D eigenvalue weighted by Crippen LogP contribution is 2.32. The number of hydrogen-bond donors (Lipinski definition) is 2. The summed E-state index contributed by atoms with van der Waals surface area (Å²) < 4.78 is 0. The number of aryl methyl sites for hydroxylation is 1. The first-order valence-electron chi connectivity index (χ1n) is 13.1. The van der Waals surface area contributed by atoms with Gasteiger partial charge in [-0.2, -0.15) is 0 Å². The molecule has 3 aromatic rings. The van der Waals surface area contributed by atoms with Gasteiger partial charge in [-0.25, -0.2) is 0 Å². The van der Waals surface area contributed by atoms with E-state index in [1.165, 1.54) is 5.56 Å². The van der Waals surface area contributed by atoms with E-state index < -0.39 is 0 Å². The summed E-state index contributed by atoms with van der Waals surface area (Å²) >= 11 is 0. The Kier molecular flexibility index (Phi) is 10.2. The molecule has 4 N–H and O–H groups in total. The molecule has 0 aliphatic rings. The maximum atomic E-state index is 13.3. The third kappa shape index (κ3) is 7.22. The molecule has 0 saturated heterocycles. The van der Waals surface area contributed by atoms with Gasteiger partial charge in [0.25, 0.3) is 0 Å². The molecular formula is C32H40N2O2. The molecule has 3 rings (SSSR count). The van der Waals surface area contributed by atoms with Crippen LogP contribution in [-0.4, -0.2) is 24.7 Å². The third-order valence-electron chi connectivity index (χ3n) is 7.16. The molecule has 0 saturated carbocycles. The van der Waals surface area contributed by atoms with E-state index in [1.54, 1.807) is 0 Å². The summed E-state index contributed by atoms with van der Waals surface area (Å²) in [6.45, 7) is 6.83. The van der Waals surface area contributed by atoms with Crippen molar-refractivity contribution in [2.24, 2.45) is 17.4 Å². The molecule has 1 unspecified atom stereocenters. The van der Waals surface area contributed by atoms with Crippen LogP contribution in [-0.2, 0) is 16.0 Å². The summed E-state index contributed by atoms with van der Waals surface area (Å²) in [7, 11) is 0. The molecule has 3 atom stereocenters.